The van der Waals surface area contributed by atoms with Crippen molar-refractivity contribution in [1.29, 1.82) is 0 Å². The molecular weight excluding hydrogens is 260 g/mol. The second kappa shape index (κ2) is 7.79. The van der Waals surface area contributed by atoms with E-state index in [2.05, 4.69) is 54.5 Å². The SMILES string of the molecule is CCNC(Cc1ccncc1)Cc1cc(C)ccc1OC. The summed E-state index contributed by atoms with van der Waals surface area (Å²) in [5, 5.41) is 3.57. The van der Waals surface area contributed by atoms with Crippen LogP contribution in [0.4, 0.5) is 0 Å². The van der Waals surface area contributed by atoms with Gasteiger partial charge >= 0.3 is 0 Å². The molecule has 0 aliphatic rings. The van der Waals surface area contributed by atoms with E-state index in [4.69, 9.17) is 4.74 Å². The number of rotatable bonds is 7. The molecule has 112 valence electrons. The normalized spacial score (nSPS) is 12.1. The van der Waals surface area contributed by atoms with E-state index in [1.807, 2.05) is 12.4 Å². The predicted molar refractivity (Wildman–Crippen MR) is 86.8 cm³/mol. The minimum Gasteiger partial charge on any atom is -0.496 e. The number of aryl methyl sites for hydroxylation is 1. The molecule has 0 amide bonds. The first kappa shape index (κ1) is 15.5. The minimum atomic E-state index is 0.396. The standard InChI is InChI=1S/C18H24N2O/c1-4-20-17(12-15-7-9-19-10-8-15)13-16-11-14(2)5-6-18(16)21-3/h5-11,17,20H,4,12-13H2,1-3H3. The van der Waals surface area contributed by atoms with Crippen LogP contribution in [0.25, 0.3) is 0 Å². The molecule has 0 aliphatic heterocycles. The lowest BCUT2D eigenvalue weighted by Gasteiger charge is -2.20. The minimum absolute atomic E-state index is 0.396. The number of pyridine rings is 1. The number of benzene rings is 1. The summed E-state index contributed by atoms with van der Waals surface area (Å²) in [6, 6.07) is 10.9. The van der Waals surface area contributed by atoms with Crippen molar-refractivity contribution in [3.8, 4) is 5.75 Å². The number of ether oxygens (including phenoxy) is 1. The van der Waals surface area contributed by atoms with Crippen LogP contribution in [-0.4, -0.2) is 24.7 Å². The van der Waals surface area contributed by atoms with Gasteiger partial charge in [-0.25, -0.2) is 0 Å². The summed E-state index contributed by atoms with van der Waals surface area (Å²) in [7, 11) is 1.74. The van der Waals surface area contributed by atoms with Crippen LogP contribution in [0.15, 0.2) is 42.7 Å². The third-order valence-electron chi connectivity index (χ3n) is 3.63. The Hall–Kier alpha value is -1.87. The predicted octanol–water partition coefficient (Wildman–Crippen LogP) is 3.16. The Labute approximate surface area is 127 Å². The fraction of sp³-hybridized carbons (Fsp3) is 0.389. The molecule has 3 heteroatoms. The number of nitrogens with one attached hydrogen (secondary N) is 1. The number of methoxy groups -OCH3 is 1. The zero-order valence-corrected chi connectivity index (χ0v) is 13.1. The lowest BCUT2D eigenvalue weighted by atomic mass is 9.97. The Balaban J connectivity index is 2.14. The van der Waals surface area contributed by atoms with Gasteiger partial charge in [-0.1, -0.05) is 24.6 Å². The highest BCUT2D eigenvalue weighted by molar-refractivity contribution is 5.37. The second-order valence-corrected chi connectivity index (χ2v) is 5.33. The van der Waals surface area contributed by atoms with Gasteiger partial charge in [-0.05, 0) is 55.6 Å². The number of nitrogens with zero attached hydrogens (tertiary/aromatic N) is 1. The summed E-state index contributed by atoms with van der Waals surface area (Å²) in [6.07, 6.45) is 5.66. The van der Waals surface area contributed by atoms with E-state index in [9.17, 15) is 0 Å². The van der Waals surface area contributed by atoms with Crippen molar-refractivity contribution in [3.05, 3.63) is 59.4 Å². The Morgan fingerprint density at radius 1 is 1.14 bits per heavy atom. The number of aromatic nitrogens is 1. The lowest BCUT2D eigenvalue weighted by molar-refractivity contribution is 0.404. The third kappa shape index (κ3) is 4.57. The van der Waals surface area contributed by atoms with E-state index < -0.39 is 0 Å². The maximum absolute atomic E-state index is 5.49. The second-order valence-electron chi connectivity index (χ2n) is 5.33. The van der Waals surface area contributed by atoms with Crippen molar-refractivity contribution in [2.24, 2.45) is 0 Å². The maximum Gasteiger partial charge on any atom is 0.122 e. The van der Waals surface area contributed by atoms with Gasteiger partial charge in [0, 0.05) is 18.4 Å². The molecule has 2 aromatic rings. The molecule has 0 saturated carbocycles. The van der Waals surface area contributed by atoms with Crippen LogP contribution in [0.3, 0.4) is 0 Å². The average Bonchev–Trinajstić information content (AvgIpc) is 2.49. The smallest absolute Gasteiger partial charge is 0.122 e. The molecular formula is C18H24N2O. The Bertz CT molecular complexity index is 554. The maximum atomic E-state index is 5.49. The van der Waals surface area contributed by atoms with Crippen molar-refractivity contribution in [2.45, 2.75) is 32.7 Å². The molecule has 0 saturated heterocycles. The molecule has 2 rings (SSSR count). The van der Waals surface area contributed by atoms with Gasteiger partial charge in [-0.2, -0.15) is 0 Å². The molecule has 1 aromatic carbocycles. The molecule has 0 aliphatic carbocycles. The zero-order valence-electron chi connectivity index (χ0n) is 13.1. The van der Waals surface area contributed by atoms with Crippen LogP contribution in [0.1, 0.15) is 23.6 Å². The number of hydrogen-bond acceptors (Lipinski definition) is 3. The van der Waals surface area contributed by atoms with Crippen LogP contribution in [-0.2, 0) is 12.8 Å². The monoisotopic (exact) mass is 284 g/mol. The van der Waals surface area contributed by atoms with E-state index >= 15 is 0 Å². The molecule has 1 atom stereocenters. The first-order chi connectivity index (χ1) is 10.2. The van der Waals surface area contributed by atoms with Crippen LogP contribution >= 0.6 is 0 Å². The van der Waals surface area contributed by atoms with Gasteiger partial charge < -0.3 is 10.1 Å². The Morgan fingerprint density at radius 3 is 2.57 bits per heavy atom. The van der Waals surface area contributed by atoms with E-state index in [-0.39, 0.29) is 0 Å². The van der Waals surface area contributed by atoms with Gasteiger partial charge in [0.1, 0.15) is 5.75 Å². The summed E-state index contributed by atoms with van der Waals surface area (Å²) in [5.41, 5.74) is 3.84. The highest BCUT2D eigenvalue weighted by Crippen LogP contribution is 2.22. The molecule has 1 aromatic heterocycles. The third-order valence-corrected chi connectivity index (χ3v) is 3.63. The number of hydrogen-bond donors (Lipinski definition) is 1. The first-order valence-corrected chi connectivity index (χ1v) is 7.48. The van der Waals surface area contributed by atoms with Gasteiger partial charge in [-0.3, -0.25) is 4.98 Å². The molecule has 1 N–H and O–H groups in total. The quantitative estimate of drug-likeness (QED) is 0.848. The molecule has 1 heterocycles. The molecule has 0 bridgehead atoms. The van der Waals surface area contributed by atoms with Crippen molar-refractivity contribution < 1.29 is 4.74 Å². The average molecular weight is 284 g/mol. The summed E-state index contributed by atoms with van der Waals surface area (Å²) >= 11 is 0. The van der Waals surface area contributed by atoms with Crippen molar-refractivity contribution >= 4 is 0 Å². The van der Waals surface area contributed by atoms with Gasteiger partial charge in [0.15, 0.2) is 0 Å². The van der Waals surface area contributed by atoms with E-state index in [0.717, 1.165) is 25.1 Å². The molecule has 3 nitrogen and oxygen atoms in total. The van der Waals surface area contributed by atoms with Crippen LogP contribution in [0.2, 0.25) is 0 Å². The largest absolute Gasteiger partial charge is 0.496 e. The van der Waals surface area contributed by atoms with E-state index in [0.29, 0.717) is 6.04 Å². The molecule has 21 heavy (non-hydrogen) atoms. The van der Waals surface area contributed by atoms with Gasteiger partial charge in [0.05, 0.1) is 7.11 Å². The van der Waals surface area contributed by atoms with Gasteiger partial charge in [0.2, 0.25) is 0 Å². The first-order valence-electron chi connectivity index (χ1n) is 7.48. The van der Waals surface area contributed by atoms with Gasteiger partial charge in [0.25, 0.3) is 0 Å². The number of likely N-dealkylation sites (N-methyl/N-ethyl adjacent to an activating group) is 1. The fourth-order valence-electron chi connectivity index (χ4n) is 2.64. The summed E-state index contributed by atoms with van der Waals surface area (Å²) < 4.78 is 5.49. The van der Waals surface area contributed by atoms with Crippen molar-refractivity contribution in [2.75, 3.05) is 13.7 Å². The molecule has 1 unspecified atom stereocenters. The fourth-order valence-corrected chi connectivity index (χ4v) is 2.64. The van der Waals surface area contributed by atoms with Crippen LogP contribution in [0.5, 0.6) is 5.75 Å². The lowest BCUT2D eigenvalue weighted by Crippen LogP contribution is -2.33. The molecule has 0 spiro atoms. The van der Waals surface area contributed by atoms with Crippen molar-refractivity contribution in [1.82, 2.24) is 10.3 Å². The summed E-state index contributed by atoms with van der Waals surface area (Å²) in [4.78, 5) is 4.08. The van der Waals surface area contributed by atoms with E-state index in [1.54, 1.807) is 7.11 Å². The van der Waals surface area contributed by atoms with Crippen LogP contribution < -0.4 is 10.1 Å². The Morgan fingerprint density at radius 2 is 1.90 bits per heavy atom. The van der Waals surface area contributed by atoms with Crippen molar-refractivity contribution in [3.63, 3.8) is 0 Å². The molecule has 0 radical (unpaired) electrons. The highest BCUT2D eigenvalue weighted by Gasteiger charge is 2.13. The van der Waals surface area contributed by atoms with Crippen LogP contribution in [0, 0.1) is 6.92 Å². The zero-order chi connectivity index (χ0) is 15.1. The summed E-state index contributed by atoms with van der Waals surface area (Å²) in [5.74, 6) is 0.971. The highest BCUT2D eigenvalue weighted by atomic mass is 16.5. The molecule has 0 fully saturated rings. The van der Waals surface area contributed by atoms with Gasteiger partial charge in [-0.15, -0.1) is 0 Å². The topological polar surface area (TPSA) is 34.2 Å². The summed E-state index contributed by atoms with van der Waals surface area (Å²) in [6.45, 7) is 5.23. The Kier molecular flexibility index (Phi) is 5.76. The van der Waals surface area contributed by atoms with E-state index in [1.165, 1.54) is 16.7 Å².